The lowest BCUT2D eigenvalue weighted by Crippen LogP contribution is -2.45. The Balaban J connectivity index is 1.38. The van der Waals surface area contributed by atoms with Gasteiger partial charge in [-0.05, 0) is 99.3 Å². The summed E-state index contributed by atoms with van der Waals surface area (Å²) in [5, 5.41) is 8.75. The number of aldehydes is 1. The van der Waals surface area contributed by atoms with Gasteiger partial charge in [-0.15, -0.1) is 0 Å². The number of allylic oxidation sites excluding steroid dienone is 4. The molecule has 3 fully saturated rings. The van der Waals surface area contributed by atoms with Crippen molar-refractivity contribution in [2.45, 2.75) is 59.3 Å². The van der Waals surface area contributed by atoms with Crippen LogP contribution in [0.1, 0.15) is 63.5 Å². The number of nitrogens with one attached hydrogen (secondary N) is 1. The first-order chi connectivity index (χ1) is 16.9. The largest absolute Gasteiger partial charge is 0.299 e. The zero-order chi connectivity index (χ0) is 25.0. The Bertz CT molecular complexity index is 1050. The van der Waals surface area contributed by atoms with Crippen molar-refractivity contribution >= 4 is 35.0 Å². The van der Waals surface area contributed by atoms with Gasteiger partial charge in [-0.25, -0.2) is 0 Å². The maximum absolute atomic E-state index is 13.3. The number of rotatable bonds is 7. The molecule has 6 atom stereocenters. The Morgan fingerprint density at radius 2 is 1.89 bits per heavy atom. The van der Waals surface area contributed by atoms with E-state index >= 15 is 0 Å². The summed E-state index contributed by atoms with van der Waals surface area (Å²) in [6, 6.07) is 8.14. The molecule has 0 aromatic heterocycles. The number of hydrogen-bond acceptors (Lipinski definition) is 4. The zero-order valence-electron chi connectivity index (χ0n) is 21.3. The fourth-order valence-electron chi connectivity index (χ4n) is 7.48. The van der Waals surface area contributed by atoms with Crippen LogP contribution in [0.25, 0.3) is 6.08 Å². The van der Waals surface area contributed by atoms with E-state index in [1.54, 1.807) is 0 Å². The molecule has 0 saturated heterocycles. The Morgan fingerprint density at radius 1 is 1.11 bits per heavy atom. The van der Waals surface area contributed by atoms with Crippen LogP contribution in [0.2, 0.25) is 0 Å². The first-order valence-electron chi connectivity index (χ1n) is 13.2. The number of carbonyl (C=O) groups excluding carboxylic acids is 2. The Labute approximate surface area is 215 Å². The second-order valence-electron chi connectivity index (χ2n) is 10.8. The third-order valence-electron chi connectivity index (χ3n) is 9.13. The molecule has 1 aromatic rings. The summed E-state index contributed by atoms with van der Waals surface area (Å²) in [5.41, 5.74) is 3.54. The lowest BCUT2D eigenvalue weighted by molar-refractivity contribution is -0.122. The molecule has 0 spiro atoms. The number of carbonyl (C=O) groups is 2. The molecule has 0 aliphatic heterocycles. The molecule has 0 amide bonds. The van der Waals surface area contributed by atoms with E-state index in [4.69, 9.17) is 5.41 Å². The van der Waals surface area contributed by atoms with E-state index in [1.807, 2.05) is 36.4 Å². The van der Waals surface area contributed by atoms with Crippen LogP contribution >= 0.6 is 11.8 Å². The van der Waals surface area contributed by atoms with Gasteiger partial charge in [0.2, 0.25) is 0 Å². The monoisotopic (exact) mass is 489 g/mol. The number of ketones is 1. The average Bonchev–Trinajstić information content (AvgIpc) is 3.29. The average molecular weight is 490 g/mol. The van der Waals surface area contributed by atoms with Crippen LogP contribution in [-0.2, 0) is 9.59 Å². The molecule has 3 nitrogen and oxygen atoms in total. The minimum atomic E-state index is -0.0417. The van der Waals surface area contributed by atoms with Crippen molar-refractivity contribution in [3.8, 4) is 0 Å². The van der Waals surface area contributed by atoms with Crippen LogP contribution in [0.5, 0.6) is 0 Å². The summed E-state index contributed by atoms with van der Waals surface area (Å²) < 4.78 is 0. The molecule has 4 heteroatoms. The maximum Gasteiger partial charge on any atom is 0.146 e. The summed E-state index contributed by atoms with van der Waals surface area (Å²) in [6.07, 6.45) is 17.5. The topological polar surface area (TPSA) is 58.0 Å². The lowest BCUT2D eigenvalue weighted by atomic mass is 9.51. The molecular formula is C31H39NO2S. The van der Waals surface area contributed by atoms with E-state index in [1.165, 1.54) is 22.9 Å². The third-order valence-corrected chi connectivity index (χ3v) is 10.0. The van der Waals surface area contributed by atoms with Crippen molar-refractivity contribution in [2.24, 2.45) is 35.0 Å². The van der Waals surface area contributed by atoms with Gasteiger partial charge in [-0.3, -0.25) is 15.0 Å². The molecule has 6 unspecified atom stereocenters. The zero-order valence-corrected chi connectivity index (χ0v) is 22.2. The van der Waals surface area contributed by atoms with Gasteiger partial charge in [0.15, 0.2) is 0 Å². The van der Waals surface area contributed by atoms with Crippen molar-refractivity contribution in [1.82, 2.24) is 0 Å². The van der Waals surface area contributed by atoms with Crippen LogP contribution in [0.15, 0.2) is 54.1 Å². The number of hydrogen-bond donors (Lipinski definition) is 1. The summed E-state index contributed by atoms with van der Waals surface area (Å²) in [7, 11) is 0. The van der Waals surface area contributed by atoms with Crippen molar-refractivity contribution < 1.29 is 9.59 Å². The molecule has 35 heavy (non-hydrogen) atoms. The summed E-state index contributed by atoms with van der Waals surface area (Å²) in [4.78, 5) is 24.6. The highest BCUT2D eigenvalue weighted by atomic mass is 32.2. The Hall–Kier alpha value is -2.20. The molecule has 1 N–H and O–H groups in total. The molecule has 0 bridgehead atoms. The van der Waals surface area contributed by atoms with E-state index in [0.717, 1.165) is 50.4 Å². The second-order valence-corrected chi connectivity index (χ2v) is 11.8. The Kier molecular flexibility index (Phi) is 8.31. The lowest BCUT2D eigenvalue weighted by Gasteiger charge is -2.53. The first kappa shape index (κ1) is 25.9. The van der Waals surface area contributed by atoms with E-state index in [2.05, 4.69) is 39.0 Å². The molecule has 4 rings (SSSR count). The standard InChI is InChI=1S/C31H39NO2S/c1-4-18-31(3)23(17-19-33)10-11-26-24-12-13-27(25(24)14-15-28(26)31)29(34)20-35-30(32)16-9-22-8-6-5-7-21(22)2/h4-9,16-19,24-28,32H,10-15,20H2,1-3H3/b16-9-,18-4-,23-17-,32-30?. The van der Waals surface area contributed by atoms with Crippen molar-refractivity contribution in [2.75, 3.05) is 5.75 Å². The van der Waals surface area contributed by atoms with E-state index in [-0.39, 0.29) is 11.3 Å². The fraction of sp³-hybridized carbons (Fsp3) is 0.516. The molecule has 0 radical (unpaired) electrons. The fourth-order valence-corrected chi connectivity index (χ4v) is 8.16. The number of benzene rings is 1. The maximum atomic E-state index is 13.3. The number of Topliss-reactive ketones (excluding diaryl/α,β-unsaturated/α-hetero) is 1. The second kappa shape index (κ2) is 11.2. The number of thioether (sulfide) groups is 1. The van der Waals surface area contributed by atoms with E-state index in [0.29, 0.717) is 40.3 Å². The van der Waals surface area contributed by atoms with Crippen LogP contribution in [0.4, 0.5) is 0 Å². The van der Waals surface area contributed by atoms with Crippen LogP contribution < -0.4 is 0 Å². The number of aryl methyl sites for hydroxylation is 1. The molecular weight excluding hydrogens is 450 g/mol. The van der Waals surface area contributed by atoms with E-state index in [9.17, 15) is 9.59 Å². The van der Waals surface area contributed by atoms with Crippen molar-refractivity contribution in [3.63, 3.8) is 0 Å². The van der Waals surface area contributed by atoms with Crippen LogP contribution in [0.3, 0.4) is 0 Å². The van der Waals surface area contributed by atoms with Gasteiger partial charge in [0.1, 0.15) is 12.1 Å². The molecule has 3 aliphatic carbocycles. The SMILES string of the molecule is C/C=C\C1(C)/C(=C\C=O)CCC2C3CCC(C(=O)CSC(=N)/C=C\c4ccccc4C)C3CCC21. The van der Waals surface area contributed by atoms with E-state index < -0.39 is 0 Å². The van der Waals surface area contributed by atoms with Crippen LogP contribution in [0, 0.1) is 47.3 Å². The van der Waals surface area contributed by atoms with Gasteiger partial charge in [0, 0.05) is 11.3 Å². The molecule has 3 aliphatic rings. The normalized spacial score (nSPS) is 33.7. The smallest absolute Gasteiger partial charge is 0.146 e. The van der Waals surface area contributed by atoms with Gasteiger partial charge >= 0.3 is 0 Å². The summed E-state index contributed by atoms with van der Waals surface area (Å²) in [6.45, 7) is 6.47. The minimum Gasteiger partial charge on any atom is -0.299 e. The highest BCUT2D eigenvalue weighted by Gasteiger charge is 2.53. The summed E-state index contributed by atoms with van der Waals surface area (Å²) >= 11 is 1.37. The number of fused-ring (bicyclic) bond motifs is 3. The highest BCUT2D eigenvalue weighted by Crippen LogP contribution is 2.61. The third kappa shape index (κ3) is 5.33. The summed E-state index contributed by atoms with van der Waals surface area (Å²) in [5.74, 6) is 3.21. The van der Waals surface area contributed by atoms with Gasteiger partial charge < -0.3 is 0 Å². The minimum absolute atomic E-state index is 0.0417. The Morgan fingerprint density at radius 3 is 2.63 bits per heavy atom. The van der Waals surface area contributed by atoms with Gasteiger partial charge in [0.25, 0.3) is 0 Å². The molecule has 1 aromatic carbocycles. The predicted molar refractivity (Wildman–Crippen MR) is 148 cm³/mol. The van der Waals surface area contributed by atoms with Gasteiger partial charge in [0.05, 0.1) is 10.8 Å². The first-order valence-corrected chi connectivity index (χ1v) is 14.1. The molecule has 3 saturated carbocycles. The quantitative estimate of drug-likeness (QED) is 0.142. The van der Waals surface area contributed by atoms with Crippen LogP contribution in [-0.4, -0.2) is 22.9 Å². The molecule has 0 heterocycles. The van der Waals surface area contributed by atoms with Gasteiger partial charge in [-0.1, -0.05) is 66.8 Å². The van der Waals surface area contributed by atoms with Crippen molar-refractivity contribution in [3.05, 3.63) is 65.3 Å². The molecule has 186 valence electrons. The predicted octanol–water partition coefficient (Wildman–Crippen LogP) is 7.46. The highest BCUT2D eigenvalue weighted by molar-refractivity contribution is 8.14. The van der Waals surface area contributed by atoms with Crippen molar-refractivity contribution in [1.29, 1.82) is 5.41 Å². The van der Waals surface area contributed by atoms with Gasteiger partial charge in [-0.2, -0.15) is 0 Å².